The van der Waals surface area contributed by atoms with Crippen LogP contribution in [0.15, 0.2) is 97.2 Å². The molecule has 0 aliphatic heterocycles. The summed E-state index contributed by atoms with van der Waals surface area (Å²) in [6.45, 7) is 3.84. The van der Waals surface area contributed by atoms with Crippen molar-refractivity contribution < 1.29 is 24.2 Å². The molecule has 0 heterocycles. The third-order valence-corrected chi connectivity index (χ3v) is 7.37. The standard InChI is InChI=1S/C43H68O5/c1-3-5-7-9-11-13-15-17-19-20-21-22-24-25-27-29-31-33-35-37-42(45)47-40-41(39-44)48-43(46)38-36-34-32-30-28-26-23-18-16-14-12-10-8-6-4-2/h5-8,11-14,17-19,21-23,25,27,41,44H,3-4,9-10,15-16,20,24,26,28-40H2,1-2H3. The van der Waals surface area contributed by atoms with E-state index in [0.717, 1.165) is 116 Å². The Kier molecular flexibility index (Phi) is 35.7. The van der Waals surface area contributed by atoms with Gasteiger partial charge >= 0.3 is 11.9 Å². The first-order valence-electron chi connectivity index (χ1n) is 18.8. The van der Waals surface area contributed by atoms with Crippen molar-refractivity contribution in [1.82, 2.24) is 0 Å². The molecule has 48 heavy (non-hydrogen) atoms. The average Bonchev–Trinajstić information content (AvgIpc) is 3.09. The Bertz CT molecular complexity index is 979. The van der Waals surface area contributed by atoms with Crippen molar-refractivity contribution in [3.63, 3.8) is 0 Å². The van der Waals surface area contributed by atoms with Crippen LogP contribution in [-0.2, 0) is 19.1 Å². The van der Waals surface area contributed by atoms with E-state index in [0.29, 0.717) is 12.8 Å². The Labute approximate surface area is 294 Å². The van der Waals surface area contributed by atoms with Crippen molar-refractivity contribution in [1.29, 1.82) is 0 Å². The van der Waals surface area contributed by atoms with E-state index in [4.69, 9.17) is 9.47 Å². The van der Waals surface area contributed by atoms with E-state index in [2.05, 4.69) is 111 Å². The summed E-state index contributed by atoms with van der Waals surface area (Å²) in [6.07, 6.45) is 53.2. The van der Waals surface area contributed by atoms with Gasteiger partial charge in [-0.3, -0.25) is 9.59 Å². The molecule has 0 rings (SSSR count). The predicted molar refractivity (Wildman–Crippen MR) is 205 cm³/mol. The SMILES string of the molecule is CCC=CCC=CCC=CCC=CCC=CCCCCCC(=O)OCC(CO)OC(=O)CCCCCCCC=CCC=CCC=CCC. The van der Waals surface area contributed by atoms with Gasteiger partial charge in [0.25, 0.3) is 0 Å². The number of carbonyl (C=O) groups excluding carboxylic acids is 2. The molecule has 1 unspecified atom stereocenters. The highest BCUT2D eigenvalue weighted by Crippen LogP contribution is 2.10. The highest BCUT2D eigenvalue weighted by molar-refractivity contribution is 5.70. The summed E-state index contributed by atoms with van der Waals surface area (Å²) >= 11 is 0. The van der Waals surface area contributed by atoms with Gasteiger partial charge in [-0.05, 0) is 89.9 Å². The third-order valence-electron chi connectivity index (χ3n) is 7.37. The molecule has 0 saturated heterocycles. The lowest BCUT2D eigenvalue weighted by atomic mass is 10.1. The maximum atomic E-state index is 12.1. The largest absolute Gasteiger partial charge is 0.462 e. The van der Waals surface area contributed by atoms with Crippen LogP contribution in [0.25, 0.3) is 0 Å². The van der Waals surface area contributed by atoms with Crippen molar-refractivity contribution in [3.05, 3.63) is 97.2 Å². The molecule has 0 radical (unpaired) electrons. The molecular weight excluding hydrogens is 596 g/mol. The molecule has 0 bridgehead atoms. The van der Waals surface area contributed by atoms with Gasteiger partial charge < -0.3 is 14.6 Å². The van der Waals surface area contributed by atoms with Gasteiger partial charge in [0.15, 0.2) is 6.10 Å². The quantitative estimate of drug-likeness (QED) is 0.0440. The van der Waals surface area contributed by atoms with Crippen LogP contribution in [0.5, 0.6) is 0 Å². The van der Waals surface area contributed by atoms with Crippen LogP contribution in [0, 0.1) is 0 Å². The first kappa shape index (κ1) is 44.8. The molecule has 0 aromatic heterocycles. The van der Waals surface area contributed by atoms with Gasteiger partial charge in [0.05, 0.1) is 6.61 Å². The van der Waals surface area contributed by atoms with Gasteiger partial charge in [-0.1, -0.05) is 137 Å². The number of unbranched alkanes of at least 4 members (excludes halogenated alkanes) is 8. The fourth-order valence-electron chi connectivity index (χ4n) is 4.59. The van der Waals surface area contributed by atoms with Crippen molar-refractivity contribution in [2.45, 2.75) is 148 Å². The van der Waals surface area contributed by atoms with Crippen LogP contribution < -0.4 is 0 Å². The smallest absolute Gasteiger partial charge is 0.306 e. The Morgan fingerprint density at radius 1 is 0.479 bits per heavy atom. The topological polar surface area (TPSA) is 72.8 Å². The van der Waals surface area contributed by atoms with E-state index in [-0.39, 0.29) is 25.2 Å². The van der Waals surface area contributed by atoms with E-state index >= 15 is 0 Å². The fraction of sp³-hybridized carbons (Fsp3) is 0.581. The normalized spacial score (nSPS) is 13.3. The molecule has 0 aliphatic rings. The zero-order valence-corrected chi connectivity index (χ0v) is 30.5. The van der Waals surface area contributed by atoms with Crippen molar-refractivity contribution in [3.8, 4) is 0 Å². The second-order valence-corrected chi connectivity index (χ2v) is 11.9. The molecule has 0 aromatic rings. The van der Waals surface area contributed by atoms with Crippen LogP contribution in [-0.4, -0.2) is 36.4 Å². The minimum atomic E-state index is -0.800. The van der Waals surface area contributed by atoms with Crippen LogP contribution in [0.4, 0.5) is 0 Å². The van der Waals surface area contributed by atoms with E-state index in [9.17, 15) is 14.7 Å². The van der Waals surface area contributed by atoms with E-state index in [1.807, 2.05) is 0 Å². The van der Waals surface area contributed by atoms with E-state index in [1.165, 1.54) is 0 Å². The molecule has 1 N–H and O–H groups in total. The predicted octanol–water partition coefficient (Wildman–Crippen LogP) is 11.7. The van der Waals surface area contributed by atoms with Crippen LogP contribution >= 0.6 is 0 Å². The first-order chi connectivity index (χ1) is 23.6. The van der Waals surface area contributed by atoms with Crippen LogP contribution in [0.2, 0.25) is 0 Å². The molecule has 0 fully saturated rings. The van der Waals surface area contributed by atoms with Gasteiger partial charge in [0.1, 0.15) is 6.61 Å². The van der Waals surface area contributed by atoms with E-state index in [1.54, 1.807) is 0 Å². The summed E-state index contributed by atoms with van der Waals surface area (Å²) in [5.74, 6) is -0.660. The second kappa shape index (κ2) is 38.3. The van der Waals surface area contributed by atoms with Crippen molar-refractivity contribution in [2.75, 3.05) is 13.2 Å². The summed E-state index contributed by atoms with van der Waals surface area (Å²) in [7, 11) is 0. The molecule has 5 nitrogen and oxygen atoms in total. The minimum absolute atomic E-state index is 0.0969. The number of aliphatic hydroxyl groups excluding tert-OH is 1. The molecule has 270 valence electrons. The van der Waals surface area contributed by atoms with Crippen molar-refractivity contribution >= 4 is 11.9 Å². The number of aliphatic hydroxyl groups is 1. The van der Waals surface area contributed by atoms with Gasteiger partial charge in [-0.15, -0.1) is 0 Å². The number of hydrogen-bond acceptors (Lipinski definition) is 5. The van der Waals surface area contributed by atoms with Gasteiger partial charge in [0, 0.05) is 12.8 Å². The molecular formula is C43H68O5. The third kappa shape index (κ3) is 35.7. The minimum Gasteiger partial charge on any atom is -0.462 e. The molecule has 5 heteroatoms. The monoisotopic (exact) mass is 665 g/mol. The average molecular weight is 665 g/mol. The molecule has 0 amide bonds. The zero-order valence-electron chi connectivity index (χ0n) is 30.5. The molecule has 0 aliphatic carbocycles. The highest BCUT2D eigenvalue weighted by Gasteiger charge is 2.16. The number of esters is 2. The summed E-state index contributed by atoms with van der Waals surface area (Å²) in [4.78, 5) is 24.2. The maximum absolute atomic E-state index is 12.1. The molecule has 0 saturated carbocycles. The molecule has 0 aromatic carbocycles. The lowest BCUT2D eigenvalue weighted by Crippen LogP contribution is -2.28. The van der Waals surface area contributed by atoms with Crippen LogP contribution in [0.1, 0.15) is 142 Å². The number of ether oxygens (including phenoxy) is 2. The summed E-state index contributed by atoms with van der Waals surface area (Å²) in [6, 6.07) is 0. The fourth-order valence-corrected chi connectivity index (χ4v) is 4.59. The number of allylic oxidation sites excluding steroid dienone is 16. The van der Waals surface area contributed by atoms with Gasteiger partial charge in [-0.25, -0.2) is 0 Å². The number of hydrogen-bond donors (Lipinski definition) is 1. The molecule has 1 atom stereocenters. The lowest BCUT2D eigenvalue weighted by molar-refractivity contribution is -0.161. The summed E-state index contributed by atoms with van der Waals surface area (Å²) in [5.41, 5.74) is 0. The first-order valence-corrected chi connectivity index (χ1v) is 18.8. The van der Waals surface area contributed by atoms with Crippen molar-refractivity contribution in [2.24, 2.45) is 0 Å². The number of carbonyl (C=O) groups is 2. The zero-order chi connectivity index (χ0) is 35.0. The van der Waals surface area contributed by atoms with E-state index < -0.39 is 6.10 Å². The van der Waals surface area contributed by atoms with Crippen LogP contribution in [0.3, 0.4) is 0 Å². The summed E-state index contributed by atoms with van der Waals surface area (Å²) in [5, 5.41) is 9.54. The molecule has 0 spiro atoms. The highest BCUT2D eigenvalue weighted by atomic mass is 16.6. The second-order valence-electron chi connectivity index (χ2n) is 11.9. The maximum Gasteiger partial charge on any atom is 0.306 e. The Morgan fingerprint density at radius 2 is 0.833 bits per heavy atom. The van der Waals surface area contributed by atoms with Gasteiger partial charge in [-0.2, -0.15) is 0 Å². The Morgan fingerprint density at radius 3 is 1.27 bits per heavy atom. The van der Waals surface area contributed by atoms with Gasteiger partial charge in [0.2, 0.25) is 0 Å². The Balaban J connectivity index is 3.71. The Hall–Kier alpha value is -3.18. The lowest BCUT2D eigenvalue weighted by Gasteiger charge is -2.15. The number of rotatable bonds is 32. The summed E-state index contributed by atoms with van der Waals surface area (Å²) < 4.78 is 10.6.